The molecule has 3 rings (SSSR count). The molecule has 118 valence electrons. The first-order valence-electron chi connectivity index (χ1n) is 7.78. The number of nitrogens with zero attached hydrogens (tertiary/aromatic N) is 2. The Morgan fingerprint density at radius 2 is 2.10 bits per heavy atom. The molecular formula is C15H24N2O3S. The van der Waals surface area contributed by atoms with Crippen molar-refractivity contribution in [2.45, 2.75) is 62.0 Å². The van der Waals surface area contributed by atoms with Crippen molar-refractivity contribution in [2.75, 3.05) is 19.3 Å². The van der Waals surface area contributed by atoms with Gasteiger partial charge >= 0.3 is 0 Å². The fraction of sp³-hybridized carbons (Fsp3) is 0.867. The molecule has 2 amide bonds. The molecule has 0 spiro atoms. The van der Waals surface area contributed by atoms with E-state index in [2.05, 4.69) is 6.92 Å². The third-order valence-corrected chi connectivity index (χ3v) is 6.68. The van der Waals surface area contributed by atoms with E-state index in [0.29, 0.717) is 18.7 Å². The van der Waals surface area contributed by atoms with Crippen molar-refractivity contribution in [1.82, 2.24) is 9.80 Å². The van der Waals surface area contributed by atoms with Crippen LogP contribution in [0.1, 0.15) is 45.4 Å². The Labute approximate surface area is 130 Å². The van der Waals surface area contributed by atoms with Gasteiger partial charge in [-0.25, -0.2) is 0 Å². The van der Waals surface area contributed by atoms with Gasteiger partial charge in [0.2, 0.25) is 11.8 Å². The minimum Gasteiger partial charge on any atom is -0.388 e. The van der Waals surface area contributed by atoms with Gasteiger partial charge in [0, 0.05) is 25.8 Å². The standard InChI is InChI=1S/C15H24N2O3S/c1-14-8-5-12(18)17(14)11(9-21-14)13(19)16(2)10-15(20)6-3-4-7-15/h11,20H,3-10H2,1-2H3. The van der Waals surface area contributed by atoms with Crippen LogP contribution in [0.5, 0.6) is 0 Å². The molecule has 2 atom stereocenters. The van der Waals surface area contributed by atoms with Gasteiger partial charge < -0.3 is 14.9 Å². The summed E-state index contributed by atoms with van der Waals surface area (Å²) in [5.74, 6) is 0.736. The van der Waals surface area contributed by atoms with Crippen molar-refractivity contribution in [1.29, 1.82) is 0 Å². The van der Waals surface area contributed by atoms with E-state index >= 15 is 0 Å². The number of likely N-dealkylation sites (N-methyl/N-ethyl adjacent to an activating group) is 1. The van der Waals surface area contributed by atoms with Crippen LogP contribution < -0.4 is 0 Å². The molecular weight excluding hydrogens is 288 g/mol. The lowest BCUT2D eigenvalue weighted by atomic mass is 10.0. The van der Waals surface area contributed by atoms with Gasteiger partial charge in [-0.15, -0.1) is 11.8 Å². The summed E-state index contributed by atoms with van der Waals surface area (Å²) in [4.78, 5) is 28.0. The average Bonchev–Trinajstić information content (AvgIpc) is 3.06. The SMILES string of the molecule is CN(CC1(O)CCCC1)C(=O)C1CSC2(C)CCC(=O)N12. The van der Waals surface area contributed by atoms with Crippen LogP contribution in [-0.4, -0.2) is 62.6 Å². The normalized spacial score (nSPS) is 34.3. The number of rotatable bonds is 3. The summed E-state index contributed by atoms with van der Waals surface area (Å²) in [6, 6.07) is -0.356. The van der Waals surface area contributed by atoms with Gasteiger partial charge in [-0.3, -0.25) is 9.59 Å². The van der Waals surface area contributed by atoms with Crippen molar-refractivity contribution in [3.05, 3.63) is 0 Å². The number of hydrogen-bond acceptors (Lipinski definition) is 4. The van der Waals surface area contributed by atoms with Crippen molar-refractivity contribution >= 4 is 23.6 Å². The van der Waals surface area contributed by atoms with E-state index < -0.39 is 5.60 Å². The van der Waals surface area contributed by atoms with Crippen LogP contribution in [0.2, 0.25) is 0 Å². The number of thioether (sulfide) groups is 1. The van der Waals surface area contributed by atoms with Gasteiger partial charge in [0.15, 0.2) is 0 Å². The Morgan fingerprint density at radius 3 is 2.76 bits per heavy atom. The molecule has 2 aliphatic heterocycles. The zero-order valence-electron chi connectivity index (χ0n) is 12.8. The number of carbonyl (C=O) groups excluding carboxylic acids is 2. The van der Waals surface area contributed by atoms with Crippen molar-refractivity contribution in [3.63, 3.8) is 0 Å². The summed E-state index contributed by atoms with van der Waals surface area (Å²) < 4.78 is 0. The van der Waals surface area contributed by atoms with Crippen LogP contribution in [0.15, 0.2) is 0 Å². The fourth-order valence-electron chi connectivity index (χ4n) is 3.97. The van der Waals surface area contributed by atoms with Crippen LogP contribution in [0.25, 0.3) is 0 Å². The highest BCUT2D eigenvalue weighted by Gasteiger charge is 2.53. The number of fused-ring (bicyclic) bond motifs is 1. The Bertz CT molecular complexity index is 464. The first kappa shape index (κ1) is 15.2. The molecule has 2 unspecified atom stereocenters. The molecule has 1 N–H and O–H groups in total. The molecule has 21 heavy (non-hydrogen) atoms. The molecule has 2 heterocycles. The van der Waals surface area contributed by atoms with E-state index in [0.717, 1.165) is 32.1 Å². The molecule has 1 aliphatic carbocycles. The molecule has 3 aliphatic rings. The Kier molecular flexibility index (Phi) is 3.72. The quantitative estimate of drug-likeness (QED) is 0.851. The first-order valence-corrected chi connectivity index (χ1v) is 8.77. The minimum atomic E-state index is -0.728. The fourth-order valence-corrected chi connectivity index (χ4v) is 5.39. The summed E-state index contributed by atoms with van der Waals surface area (Å²) in [5.41, 5.74) is -0.728. The lowest BCUT2D eigenvalue weighted by Gasteiger charge is -2.34. The maximum absolute atomic E-state index is 12.7. The van der Waals surface area contributed by atoms with Crippen molar-refractivity contribution in [2.24, 2.45) is 0 Å². The van der Waals surface area contributed by atoms with Crippen molar-refractivity contribution < 1.29 is 14.7 Å². The van der Waals surface area contributed by atoms with Crippen molar-refractivity contribution in [3.8, 4) is 0 Å². The highest BCUT2D eigenvalue weighted by molar-refractivity contribution is 8.01. The number of aliphatic hydroxyl groups is 1. The van der Waals surface area contributed by atoms with Crippen LogP contribution in [-0.2, 0) is 9.59 Å². The monoisotopic (exact) mass is 312 g/mol. The van der Waals surface area contributed by atoms with E-state index in [-0.39, 0.29) is 22.7 Å². The van der Waals surface area contributed by atoms with E-state index in [1.807, 2.05) is 0 Å². The average molecular weight is 312 g/mol. The van der Waals surface area contributed by atoms with Crippen LogP contribution in [0.4, 0.5) is 0 Å². The highest BCUT2D eigenvalue weighted by Crippen LogP contribution is 2.47. The van der Waals surface area contributed by atoms with Crippen LogP contribution >= 0.6 is 11.8 Å². The molecule has 1 saturated carbocycles. The molecule has 0 aromatic rings. The number of amides is 2. The largest absolute Gasteiger partial charge is 0.388 e. The maximum Gasteiger partial charge on any atom is 0.246 e. The minimum absolute atomic E-state index is 0.0261. The molecule has 6 heteroatoms. The van der Waals surface area contributed by atoms with E-state index in [9.17, 15) is 14.7 Å². The zero-order chi connectivity index (χ0) is 15.3. The Morgan fingerprint density at radius 1 is 1.43 bits per heavy atom. The summed E-state index contributed by atoms with van der Waals surface area (Å²) in [6.45, 7) is 2.44. The highest BCUT2D eigenvalue weighted by atomic mass is 32.2. The summed E-state index contributed by atoms with van der Waals surface area (Å²) >= 11 is 1.71. The second-order valence-corrected chi connectivity index (χ2v) is 8.39. The molecule has 0 aromatic heterocycles. The van der Waals surface area contributed by atoms with Crippen LogP contribution in [0, 0.1) is 0 Å². The summed E-state index contributed by atoms with van der Waals surface area (Å²) in [7, 11) is 1.75. The Balaban J connectivity index is 1.69. The lowest BCUT2D eigenvalue weighted by molar-refractivity contribution is -0.144. The van der Waals surface area contributed by atoms with Gasteiger partial charge in [-0.1, -0.05) is 12.8 Å². The summed E-state index contributed by atoms with van der Waals surface area (Å²) in [5, 5.41) is 10.5. The van der Waals surface area contributed by atoms with Gasteiger partial charge in [-0.2, -0.15) is 0 Å². The van der Waals surface area contributed by atoms with Crippen LogP contribution in [0.3, 0.4) is 0 Å². The third kappa shape index (κ3) is 2.57. The molecule has 3 fully saturated rings. The zero-order valence-corrected chi connectivity index (χ0v) is 13.6. The molecule has 0 bridgehead atoms. The van der Waals surface area contributed by atoms with Gasteiger partial charge in [0.25, 0.3) is 0 Å². The second kappa shape index (κ2) is 5.16. The predicted octanol–water partition coefficient (Wildman–Crippen LogP) is 1.20. The topological polar surface area (TPSA) is 60.9 Å². The summed E-state index contributed by atoms with van der Waals surface area (Å²) in [6.07, 6.45) is 4.96. The van der Waals surface area contributed by atoms with Gasteiger partial charge in [-0.05, 0) is 26.2 Å². The molecule has 2 saturated heterocycles. The maximum atomic E-state index is 12.7. The predicted molar refractivity (Wildman–Crippen MR) is 81.8 cm³/mol. The van der Waals surface area contributed by atoms with E-state index in [1.54, 1.807) is 28.6 Å². The number of hydrogen-bond donors (Lipinski definition) is 1. The molecule has 5 nitrogen and oxygen atoms in total. The first-order chi connectivity index (χ1) is 9.85. The molecule has 0 aromatic carbocycles. The van der Waals surface area contributed by atoms with Gasteiger partial charge in [0.1, 0.15) is 6.04 Å². The second-order valence-electron chi connectivity index (χ2n) is 6.89. The third-order valence-electron chi connectivity index (χ3n) is 5.17. The smallest absolute Gasteiger partial charge is 0.246 e. The van der Waals surface area contributed by atoms with Gasteiger partial charge in [0.05, 0.1) is 10.5 Å². The lowest BCUT2D eigenvalue weighted by Crippen LogP contribution is -2.53. The number of carbonyl (C=O) groups is 2. The Hall–Kier alpha value is -0.750. The molecule has 0 radical (unpaired) electrons. The van der Waals surface area contributed by atoms with E-state index in [4.69, 9.17) is 0 Å². The van der Waals surface area contributed by atoms with E-state index in [1.165, 1.54) is 0 Å².